The number of fused-ring (bicyclic) bond motifs is 1. The first-order valence-electron chi connectivity index (χ1n) is 7.26. The molecule has 0 bridgehead atoms. The Bertz CT molecular complexity index is 365. The van der Waals surface area contributed by atoms with Crippen LogP contribution in [0.25, 0.3) is 0 Å². The molecule has 5 nitrogen and oxygen atoms in total. The van der Waals surface area contributed by atoms with Crippen LogP contribution in [0.2, 0.25) is 0 Å². The van der Waals surface area contributed by atoms with Gasteiger partial charge in [0.05, 0.1) is 24.0 Å². The molecule has 0 spiro atoms. The SMILES string of the molecule is O=C1C2CCCCC2C(=O)N1C1(CO)CCOCC1. The molecule has 1 N–H and O–H groups in total. The highest BCUT2D eigenvalue weighted by Gasteiger charge is 2.55. The summed E-state index contributed by atoms with van der Waals surface area (Å²) in [4.78, 5) is 26.5. The first-order valence-corrected chi connectivity index (χ1v) is 7.26. The quantitative estimate of drug-likeness (QED) is 0.748. The summed E-state index contributed by atoms with van der Waals surface area (Å²) in [5, 5.41) is 9.77. The molecule has 0 aromatic heterocycles. The molecule has 5 heteroatoms. The minimum Gasteiger partial charge on any atom is -0.394 e. The van der Waals surface area contributed by atoms with Crippen molar-refractivity contribution in [3.63, 3.8) is 0 Å². The van der Waals surface area contributed by atoms with Crippen LogP contribution in [0.3, 0.4) is 0 Å². The molecule has 1 saturated carbocycles. The molecule has 2 heterocycles. The van der Waals surface area contributed by atoms with E-state index in [1.54, 1.807) is 0 Å². The number of rotatable bonds is 2. The van der Waals surface area contributed by atoms with Crippen LogP contribution in [0, 0.1) is 11.8 Å². The van der Waals surface area contributed by atoms with Crippen LogP contribution in [-0.4, -0.2) is 47.2 Å². The number of carbonyl (C=O) groups excluding carboxylic acids is 2. The van der Waals surface area contributed by atoms with Crippen molar-refractivity contribution in [2.45, 2.75) is 44.1 Å². The van der Waals surface area contributed by atoms with E-state index >= 15 is 0 Å². The lowest BCUT2D eigenvalue weighted by atomic mass is 9.81. The molecule has 19 heavy (non-hydrogen) atoms. The highest BCUT2D eigenvalue weighted by Crippen LogP contribution is 2.43. The Balaban J connectivity index is 1.90. The molecular formula is C14H21NO4. The fourth-order valence-electron chi connectivity index (χ4n) is 3.83. The van der Waals surface area contributed by atoms with Gasteiger partial charge >= 0.3 is 0 Å². The number of aliphatic hydroxyl groups excluding tert-OH is 1. The van der Waals surface area contributed by atoms with Gasteiger partial charge in [-0.3, -0.25) is 14.5 Å². The van der Waals surface area contributed by atoms with Crippen LogP contribution in [0.5, 0.6) is 0 Å². The zero-order valence-corrected chi connectivity index (χ0v) is 11.1. The summed E-state index contributed by atoms with van der Waals surface area (Å²) >= 11 is 0. The van der Waals surface area contributed by atoms with Gasteiger partial charge in [0, 0.05) is 13.2 Å². The Kier molecular flexibility index (Phi) is 3.35. The molecule has 2 amide bonds. The van der Waals surface area contributed by atoms with Crippen molar-refractivity contribution in [2.75, 3.05) is 19.8 Å². The van der Waals surface area contributed by atoms with Crippen molar-refractivity contribution in [3.8, 4) is 0 Å². The second-order valence-electron chi connectivity index (χ2n) is 6.00. The molecule has 106 valence electrons. The van der Waals surface area contributed by atoms with Gasteiger partial charge in [-0.2, -0.15) is 0 Å². The van der Waals surface area contributed by atoms with Gasteiger partial charge in [0.1, 0.15) is 0 Å². The fourth-order valence-corrected chi connectivity index (χ4v) is 3.83. The zero-order chi connectivity index (χ0) is 13.5. The number of nitrogens with zero attached hydrogens (tertiary/aromatic N) is 1. The maximum Gasteiger partial charge on any atom is 0.233 e. The smallest absolute Gasteiger partial charge is 0.233 e. The van der Waals surface area contributed by atoms with Gasteiger partial charge in [0.25, 0.3) is 0 Å². The number of ether oxygens (including phenoxy) is 1. The van der Waals surface area contributed by atoms with E-state index in [2.05, 4.69) is 0 Å². The van der Waals surface area contributed by atoms with Gasteiger partial charge in [-0.15, -0.1) is 0 Å². The average molecular weight is 267 g/mol. The maximum absolute atomic E-state index is 12.6. The Morgan fingerprint density at radius 3 is 2.11 bits per heavy atom. The summed E-state index contributed by atoms with van der Waals surface area (Å²) in [6.45, 7) is 0.868. The molecule has 3 aliphatic rings. The Morgan fingerprint density at radius 2 is 1.63 bits per heavy atom. The number of aliphatic hydroxyl groups is 1. The summed E-state index contributed by atoms with van der Waals surface area (Å²) in [6.07, 6.45) is 4.82. The molecule has 3 rings (SSSR count). The number of likely N-dealkylation sites (tertiary alicyclic amines) is 1. The van der Waals surface area contributed by atoms with Crippen LogP contribution >= 0.6 is 0 Å². The number of hydrogen-bond donors (Lipinski definition) is 1. The molecule has 2 aliphatic heterocycles. The van der Waals surface area contributed by atoms with Crippen molar-refractivity contribution in [3.05, 3.63) is 0 Å². The predicted octanol–water partition coefficient (Wildman–Crippen LogP) is 0.703. The van der Waals surface area contributed by atoms with Crippen LogP contribution < -0.4 is 0 Å². The van der Waals surface area contributed by atoms with E-state index < -0.39 is 5.54 Å². The minimum atomic E-state index is -0.705. The third-order valence-electron chi connectivity index (χ3n) is 5.03. The van der Waals surface area contributed by atoms with Gasteiger partial charge in [0.15, 0.2) is 0 Å². The first-order chi connectivity index (χ1) is 9.19. The Morgan fingerprint density at radius 1 is 1.11 bits per heavy atom. The van der Waals surface area contributed by atoms with Gasteiger partial charge in [-0.25, -0.2) is 0 Å². The van der Waals surface area contributed by atoms with Gasteiger partial charge in [-0.1, -0.05) is 12.8 Å². The maximum atomic E-state index is 12.6. The van der Waals surface area contributed by atoms with Crippen molar-refractivity contribution in [1.82, 2.24) is 4.90 Å². The third kappa shape index (κ3) is 1.91. The van der Waals surface area contributed by atoms with Crippen LogP contribution in [0.15, 0.2) is 0 Å². The summed E-state index contributed by atoms with van der Waals surface area (Å²) in [6, 6.07) is 0. The lowest BCUT2D eigenvalue weighted by Crippen LogP contribution is -2.57. The Labute approximate surface area is 112 Å². The van der Waals surface area contributed by atoms with Crippen LogP contribution in [-0.2, 0) is 14.3 Å². The highest BCUT2D eigenvalue weighted by molar-refractivity contribution is 6.06. The summed E-state index contributed by atoms with van der Waals surface area (Å²) in [5.41, 5.74) is -0.705. The van der Waals surface area contributed by atoms with Crippen molar-refractivity contribution in [1.29, 1.82) is 0 Å². The normalized spacial score (nSPS) is 34.5. The molecular weight excluding hydrogens is 246 g/mol. The Hall–Kier alpha value is -0.940. The lowest BCUT2D eigenvalue weighted by molar-refractivity contribution is -0.154. The lowest BCUT2D eigenvalue weighted by Gasteiger charge is -2.42. The number of carbonyl (C=O) groups is 2. The van der Waals surface area contributed by atoms with E-state index in [1.807, 2.05) is 0 Å². The van der Waals surface area contributed by atoms with E-state index in [4.69, 9.17) is 4.74 Å². The van der Waals surface area contributed by atoms with Gasteiger partial charge in [-0.05, 0) is 25.7 Å². The monoisotopic (exact) mass is 267 g/mol. The predicted molar refractivity (Wildman–Crippen MR) is 67.2 cm³/mol. The zero-order valence-electron chi connectivity index (χ0n) is 11.1. The average Bonchev–Trinajstić information content (AvgIpc) is 2.73. The van der Waals surface area contributed by atoms with E-state index in [0.717, 1.165) is 25.7 Å². The molecule has 2 unspecified atom stereocenters. The number of imide groups is 1. The van der Waals surface area contributed by atoms with Crippen molar-refractivity contribution in [2.24, 2.45) is 11.8 Å². The summed E-state index contributed by atoms with van der Waals surface area (Å²) in [5.74, 6) is -0.365. The standard InChI is InChI=1S/C14H21NO4/c16-9-14(5-7-19-8-6-14)15-12(17)10-3-1-2-4-11(10)13(15)18/h10-11,16H,1-9H2. The topological polar surface area (TPSA) is 66.8 Å². The van der Waals surface area contributed by atoms with Crippen molar-refractivity contribution < 1.29 is 19.4 Å². The molecule has 3 fully saturated rings. The van der Waals surface area contributed by atoms with Crippen LogP contribution in [0.4, 0.5) is 0 Å². The van der Waals surface area contributed by atoms with E-state index in [1.165, 1.54) is 4.90 Å². The van der Waals surface area contributed by atoms with Crippen LogP contribution in [0.1, 0.15) is 38.5 Å². The largest absolute Gasteiger partial charge is 0.394 e. The van der Waals surface area contributed by atoms with Crippen molar-refractivity contribution >= 4 is 11.8 Å². The molecule has 0 aromatic rings. The molecule has 1 aliphatic carbocycles. The third-order valence-corrected chi connectivity index (χ3v) is 5.03. The summed E-state index contributed by atoms with van der Waals surface area (Å²) < 4.78 is 5.31. The number of amides is 2. The molecule has 0 radical (unpaired) electrons. The molecule has 2 atom stereocenters. The second kappa shape index (κ2) is 4.87. The van der Waals surface area contributed by atoms with Gasteiger partial charge < -0.3 is 9.84 Å². The van der Waals surface area contributed by atoms with E-state index in [0.29, 0.717) is 26.1 Å². The van der Waals surface area contributed by atoms with E-state index in [9.17, 15) is 14.7 Å². The second-order valence-corrected chi connectivity index (χ2v) is 6.00. The molecule has 0 aromatic carbocycles. The summed E-state index contributed by atoms with van der Waals surface area (Å²) in [7, 11) is 0. The fraction of sp³-hybridized carbons (Fsp3) is 0.857. The van der Waals surface area contributed by atoms with E-state index in [-0.39, 0.29) is 30.3 Å². The van der Waals surface area contributed by atoms with Gasteiger partial charge in [0.2, 0.25) is 11.8 Å². The minimum absolute atomic E-state index is 0.0503. The first kappa shape index (κ1) is 13.1. The highest BCUT2D eigenvalue weighted by atomic mass is 16.5. The molecule has 2 saturated heterocycles. The number of hydrogen-bond acceptors (Lipinski definition) is 4.